The first-order chi connectivity index (χ1) is 16.3. The van der Waals surface area contributed by atoms with E-state index in [1.54, 1.807) is 13.8 Å². The Morgan fingerprint density at radius 2 is 1.91 bits per heavy atom. The molecule has 1 aromatic heterocycles. The molecule has 2 fully saturated rings. The topological polar surface area (TPSA) is 96.9 Å². The van der Waals surface area contributed by atoms with Crippen molar-refractivity contribution in [2.24, 2.45) is 5.92 Å². The molecule has 2 saturated heterocycles. The van der Waals surface area contributed by atoms with E-state index >= 15 is 0 Å². The number of anilines is 1. The average molecular weight is 494 g/mol. The summed E-state index contributed by atoms with van der Waals surface area (Å²) < 4.78 is 53.4. The van der Waals surface area contributed by atoms with Crippen LogP contribution >= 0.6 is 0 Å². The maximum absolute atomic E-state index is 13.9. The van der Waals surface area contributed by atoms with Crippen LogP contribution in [0, 0.1) is 11.7 Å². The van der Waals surface area contributed by atoms with Crippen LogP contribution < -0.4 is 14.4 Å². The largest absolute Gasteiger partial charge is 0.450 e. The lowest BCUT2D eigenvalue weighted by molar-refractivity contribution is 0.0517. The highest BCUT2D eigenvalue weighted by Gasteiger charge is 2.26. The average Bonchev–Trinajstić information content (AvgIpc) is 2.81. The number of hydrogen-bond donors (Lipinski definition) is 1. The van der Waals surface area contributed by atoms with Gasteiger partial charge in [0.2, 0.25) is 10.0 Å². The van der Waals surface area contributed by atoms with Gasteiger partial charge in [0.05, 0.1) is 6.20 Å². The van der Waals surface area contributed by atoms with Crippen LogP contribution in [0.4, 0.5) is 10.2 Å². The first kappa shape index (κ1) is 24.8. The highest BCUT2D eigenvalue weighted by molar-refractivity contribution is 7.89. The Labute approximate surface area is 200 Å². The molecule has 2 aliphatic rings. The van der Waals surface area contributed by atoms with E-state index in [0.29, 0.717) is 17.5 Å². The molecule has 2 aromatic rings. The van der Waals surface area contributed by atoms with Crippen LogP contribution in [0.25, 0.3) is 0 Å². The molecule has 0 amide bonds. The summed E-state index contributed by atoms with van der Waals surface area (Å²) in [6.07, 6.45) is 5.17. The smallest absolute Gasteiger partial charge is 0.244 e. The number of hydrogen-bond acceptors (Lipinski definition) is 8. The summed E-state index contributed by atoms with van der Waals surface area (Å²) in [4.78, 5) is 12.8. The maximum atomic E-state index is 13.9. The second-order valence-electron chi connectivity index (χ2n) is 9.02. The van der Waals surface area contributed by atoms with Crippen molar-refractivity contribution in [1.29, 1.82) is 0 Å². The molecule has 0 spiro atoms. The van der Waals surface area contributed by atoms with Crippen molar-refractivity contribution < 1.29 is 22.3 Å². The molecule has 0 radical (unpaired) electrons. The molecule has 2 aliphatic heterocycles. The highest BCUT2D eigenvalue weighted by atomic mass is 32.2. The SMILES string of the molecule is CC(C)NS(=O)(=O)c1cc(F)ccc1Oc1cncnc1N1CCN(CC2CCOCC2)CC1. The van der Waals surface area contributed by atoms with E-state index in [1.165, 1.54) is 24.7 Å². The molecule has 0 unspecified atom stereocenters. The van der Waals surface area contributed by atoms with Gasteiger partial charge in [0, 0.05) is 52.0 Å². The number of ether oxygens (including phenoxy) is 2. The third-order valence-corrected chi connectivity index (χ3v) is 7.67. The van der Waals surface area contributed by atoms with Gasteiger partial charge < -0.3 is 14.4 Å². The predicted molar refractivity (Wildman–Crippen MR) is 126 cm³/mol. The third kappa shape index (κ3) is 6.21. The van der Waals surface area contributed by atoms with Crippen LogP contribution in [0.3, 0.4) is 0 Å². The van der Waals surface area contributed by atoms with Gasteiger partial charge in [-0.25, -0.2) is 27.5 Å². The summed E-state index contributed by atoms with van der Waals surface area (Å²) in [5.41, 5.74) is 0. The van der Waals surface area contributed by atoms with Crippen LogP contribution in [0.2, 0.25) is 0 Å². The Hall–Kier alpha value is -2.34. The zero-order chi connectivity index (χ0) is 24.1. The van der Waals surface area contributed by atoms with Gasteiger partial charge in [-0.1, -0.05) is 0 Å². The fraction of sp³-hybridized carbons (Fsp3) is 0.565. The number of aromatic nitrogens is 2. The molecular formula is C23H32FN5O4S. The Morgan fingerprint density at radius 3 is 2.62 bits per heavy atom. The molecule has 9 nitrogen and oxygen atoms in total. The number of nitrogens with zero attached hydrogens (tertiary/aromatic N) is 4. The zero-order valence-electron chi connectivity index (χ0n) is 19.6. The fourth-order valence-electron chi connectivity index (χ4n) is 4.32. The summed E-state index contributed by atoms with van der Waals surface area (Å²) in [6, 6.07) is 3.09. The molecule has 3 heterocycles. The zero-order valence-corrected chi connectivity index (χ0v) is 20.4. The normalized spacial score (nSPS) is 18.4. The van der Waals surface area contributed by atoms with Crippen molar-refractivity contribution in [3.05, 3.63) is 36.5 Å². The van der Waals surface area contributed by atoms with E-state index in [2.05, 4.69) is 24.5 Å². The predicted octanol–water partition coefficient (Wildman–Crippen LogP) is 2.64. The van der Waals surface area contributed by atoms with Crippen LogP contribution in [-0.4, -0.2) is 75.3 Å². The van der Waals surface area contributed by atoms with Gasteiger partial charge in [-0.3, -0.25) is 4.90 Å². The quantitative estimate of drug-likeness (QED) is 0.600. The van der Waals surface area contributed by atoms with E-state index in [9.17, 15) is 12.8 Å². The second kappa shape index (κ2) is 10.9. The van der Waals surface area contributed by atoms with Crippen LogP contribution in [-0.2, 0) is 14.8 Å². The summed E-state index contributed by atoms with van der Waals surface area (Å²) in [5, 5.41) is 0. The second-order valence-corrected chi connectivity index (χ2v) is 10.7. The third-order valence-electron chi connectivity index (χ3n) is 5.99. The summed E-state index contributed by atoms with van der Waals surface area (Å²) in [5.74, 6) is 0.945. The molecule has 1 aromatic carbocycles. The van der Waals surface area contributed by atoms with E-state index in [1.807, 2.05) is 0 Å². The first-order valence-electron chi connectivity index (χ1n) is 11.7. The molecule has 11 heteroatoms. The molecule has 0 bridgehead atoms. The van der Waals surface area contributed by atoms with Crippen molar-refractivity contribution in [2.45, 2.75) is 37.6 Å². The van der Waals surface area contributed by atoms with Gasteiger partial charge in [-0.15, -0.1) is 0 Å². The van der Waals surface area contributed by atoms with Gasteiger partial charge >= 0.3 is 0 Å². The molecule has 0 saturated carbocycles. The lowest BCUT2D eigenvalue weighted by Crippen LogP contribution is -2.48. The number of benzene rings is 1. The van der Waals surface area contributed by atoms with E-state index in [0.717, 1.165) is 64.8 Å². The molecule has 0 atom stereocenters. The van der Waals surface area contributed by atoms with E-state index in [-0.39, 0.29) is 16.7 Å². The van der Waals surface area contributed by atoms with Crippen LogP contribution in [0.1, 0.15) is 26.7 Å². The number of rotatable bonds is 8. The number of sulfonamides is 1. The lowest BCUT2D eigenvalue weighted by Gasteiger charge is -2.38. The Kier molecular flexibility index (Phi) is 7.97. The number of piperazine rings is 1. The van der Waals surface area contributed by atoms with E-state index in [4.69, 9.17) is 9.47 Å². The molecule has 1 N–H and O–H groups in total. The minimum absolute atomic E-state index is 0.0174. The number of halogens is 1. The highest BCUT2D eigenvalue weighted by Crippen LogP contribution is 2.34. The standard InChI is InChI=1S/C23H32FN5O4S/c1-17(2)27-34(30,31)22-13-19(24)3-4-20(22)33-21-14-25-16-26-23(21)29-9-7-28(8-10-29)15-18-5-11-32-12-6-18/h3-4,13-14,16-18,27H,5-12,15H2,1-2H3. The summed E-state index contributed by atoms with van der Waals surface area (Å²) in [6.45, 7) is 9.49. The summed E-state index contributed by atoms with van der Waals surface area (Å²) >= 11 is 0. The van der Waals surface area contributed by atoms with Gasteiger partial charge in [0.15, 0.2) is 11.6 Å². The van der Waals surface area contributed by atoms with Crippen molar-refractivity contribution in [1.82, 2.24) is 19.6 Å². The first-order valence-corrected chi connectivity index (χ1v) is 13.1. The van der Waals surface area contributed by atoms with Crippen LogP contribution in [0.5, 0.6) is 11.5 Å². The Bertz CT molecular complexity index is 1070. The van der Waals surface area contributed by atoms with Crippen molar-refractivity contribution in [2.75, 3.05) is 50.8 Å². The number of nitrogens with one attached hydrogen (secondary N) is 1. The Morgan fingerprint density at radius 1 is 1.18 bits per heavy atom. The van der Waals surface area contributed by atoms with Gasteiger partial charge in [0.25, 0.3) is 0 Å². The maximum Gasteiger partial charge on any atom is 0.244 e. The minimum Gasteiger partial charge on any atom is -0.450 e. The molecular weight excluding hydrogens is 461 g/mol. The monoisotopic (exact) mass is 493 g/mol. The minimum atomic E-state index is -3.98. The van der Waals surface area contributed by atoms with E-state index < -0.39 is 15.8 Å². The van der Waals surface area contributed by atoms with Crippen LogP contribution in [0.15, 0.2) is 35.6 Å². The Balaban J connectivity index is 1.49. The van der Waals surface area contributed by atoms with Crippen molar-refractivity contribution in [3.8, 4) is 11.5 Å². The van der Waals surface area contributed by atoms with Gasteiger partial charge in [0.1, 0.15) is 22.8 Å². The molecule has 186 valence electrons. The van der Waals surface area contributed by atoms with Gasteiger partial charge in [-0.2, -0.15) is 0 Å². The summed E-state index contributed by atoms with van der Waals surface area (Å²) in [7, 11) is -3.98. The molecule has 34 heavy (non-hydrogen) atoms. The van der Waals surface area contributed by atoms with Crippen molar-refractivity contribution >= 4 is 15.8 Å². The fourth-order valence-corrected chi connectivity index (χ4v) is 5.71. The lowest BCUT2D eigenvalue weighted by atomic mass is 9.99. The van der Waals surface area contributed by atoms with Crippen molar-refractivity contribution in [3.63, 3.8) is 0 Å². The molecule has 4 rings (SSSR count). The van der Waals surface area contributed by atoms with Gasteiger partial charge in [-0.05, 0) is 50.8 Å². The molecule has 0 aliphatic carbocycles.